The van der Waals surface area contributed by atoms with E-state index in [0.717, 1.165) is 12.1 Å². The Labute approximate surface area is 133 Å². The number of carbonyl (C=O) groups is 1. The number of hydrogen-bond donors (Lipinski definition) is 2. The van der Waals surface area contributed by atoms with E-state index in [1.165, 1.54) is 0 Å². The van der Waals surface area contributed by atoms with Crippen LogP contribution in [0.2, 0.25) is 0 Å². The summed E-state index contributed by atoms with van der Waals surface area (Å²) in [7, 11) is 4.02. The van der Waals surface area contributed by atoms with Crippen LogP contribution in [-0.2, 0) is 6.54 Å². The second-order valence-corrected chi connectivity index (χ2v) is 4.99. The van der Waals surface area contributed by atoms with Gasteiger partial charge < -0.3 is 16.0 Å². The average Bonchev–Trinajstić information content (AvgIpc) is 2.35. The predicted molar refractivity (Wildman–Crippen MR) is 88.9 cm³/mol. The van der Waals surface area contributed by atoms with E-state index < -0.39 is 0 Å². The minimum atomic E-state index is -0.0316. The SMILES string of the molecule is CC(CN)CNC(=O)c1cccc(CN(C)C)c1.Cl.Cl. The van der Waals surface area contributed by atoms with Crippen LogP contribution in [0.4, 0.5) is 0 Å². The normalized spacial score (nSPS) is 11.2. The summed E-state index contributed by atoms with van der Waals surface area (Å²) in [5, 5.41) is 2.90. The van der Waals surface area contributed by atoms with Gasteiger partial charge in [0.1, 0.15) is 0 Å². The lowest BCUT2D eigenvalue weighted by Crippen LogP contribution is -2.31. The highest BCUT2D eigenvalue weighted by Crippen LogP contribution is 2.07. The smallest absolute Gasteiger partial charge is 0.251 e. The number of benzene rings is 1. The van der Waals surface area contributed by atoms with Crippen molar-refractivity contribution < 1.29 is 4.79 Å². The van der Waals surface area contributed by atoms with E-state index in [2.05, 4.69) is 10.2 Å². The standard InChI is InChI=1S/C14H23N3O.2ClH/c1-11(8-15)9-16-14(18)13-6-4-5-12(7-13)10-17(2)3;;/h4-7,11H,8-10,15H2,1-3H3,(H,16,18);2*1H. The fraction of sp³-hybridized carbons (Fsp3) is 0.500. The zero-order chi connectivity index (χ0) is 13.5. The molecule has 0 aliphatic carbocycles. The second kappa shape index (κ2) is 10.9. The van der Waals surface area contributed by atoms with Crippen molar-refractivity contribution in [2.75, 3.05) is 27.2 Å². The molecule has 1 aromatic carbocycles. The summed E-state index contributed by atoms with van der Waals surface area (Å²) in [5.74, 6) is 0.273. The van der Waals surface area contributed by atoms with Crippen molar-refractivity contribution in [3.05, 3.63) is 35.4 Å². The van der Waals surface area contributed by atoms with E-state index in [1.807, 2.05) is 45.3 Å². The molecule has 0 spiro atoms. The molecule has 6 heteroatoms. The fourth-order valence-electron chi connectivity index (χ4n) is 1.63. The molecule has 1 atom stereocenters. The van der Waals surface area contributed by atoms with Crippen molar-refractivity contribution in [2.24, 2.45) is 11.7 Å². The maximum absolute atomic E-state index is 11.9. The Bertz CT molecular complexity index is 400. The van der Waals surface area contributed by atoms with Gasteiger partial charge in [-0.3, -0.25) is 4.79 Å². The quantitative estimate of drug-likeness (QED) is 0.841. The van der Waals surface area contributed by atoms with Crippen molar-refractivity contribution in [3.8, 4) is 0 Å². The van der Waals surface area contributed by atoms with E-state index in [0.29, 0.717) is 24.6 Å². The van der Waals surface area contributed by atoms with Crippen LogP contribution in [0, 0.1) is 5.92 Å². The van der Waals surface area contributed by atoms with Crippen LogP contribution in [0.15, 0.2) is 24.3 Å². The van der Waals surface area contributed by atoms with E-state index in [-0.39, 0.29) is 30.7 Å². The first-order valence-electron chi connectivity index (χ1n) is 6.25. The molecular weight excluding hydrogens is 297 g/mol. The Morgan fingerprint density at radius 3 is 2.55 bits per heavy atom. The molecule has 0 saturated heterocycles. The lowest BCUT2D eigenvalue weighted by atomic mass is 10.1. The summed E-state index contributed by atoms with van der Waals surface area (Å²) in [4.78, 5) is 14.0. The van der Waals surface area contributed by atoms with Crippen molar-refractivity contribution in [3.63, 3.8) is 0 Å². The summed E-state index contributed by atoms with van der Waals surface area (Å²) < 4.78 is 0. The Morgan fingerprint density at radius 1 is 1.35 bits per heavy atom. The number of nitrogens with two attached hydrogens (primary N) is 1. The predicted octanol–water partition coefficient (Wildman–Crippen LogP) is 1.92. The van der Waals surface area contributed by atoms with Gasteiger partial charge >= 0.3 is 0 Å². The molecule has 0 heterocycles. The summed E-state index contributed by atoms with van der Waals surface area (Å²) in [6, 6.07) is 7.71. The van der Waals surface area contributed by atoms with E-state index >= 15 is 0 Å². The molecule has 1 rings (SSSR count). The number of halogens is 2. The number of rotatable bonds is 6. The van der Waals surface area contributed by atoms with Gasteiger partial charge in [-0.15, -0.1) is 24.8 Å². The Morgan fingerprint density at radius 2 is 2.00 bits per heavy atom. The monoisotopic (exact) mass is 321 g/mol. The minimum absolute atomic E-state index is 0. The molecule has 0 aliphatic heterocycles. The summed E-state index contributed by atoms with van der Waals surface area (Å²) >= 11 is 0. The zero-order valence-electron chi connectivity index (χ0n) is 12.3. The summed E-state index contributed by atoms with van der Waals surface area (Å²) in [6.45, 7) is 4.05. The number of amides is 1. The van der Waals surface area contributed by atoms with Gasteiger partial charge in [0.25, 0.3) is 5.91 Å². The highest BCUT2D eigenvalue weighted by molar-refractivity contribution is 5.94. The number of nitrogens with zero attached hydrogens (tertiary/aromatic N) is 1. The lowest BCUT2D eigenvalue weighted by molar-refractivity contribution is 0.0948. The van der Waals surface area contributed by atoms with Gasteiger partial charge in [0.2, 0.25) is 0 Å². The Hall–Kier alpha value is -0.810. The molecule has 0 bridgehead atoms. The van der Waals surface area contributed by atoms with Gasteiger partial charge in [-0.2, -0.15) is 0 Å². The number of hydrogen-bond acceptors (Lipinski definition) is 3. The molecule has 3 N–H and O–H groups in total. The molecule has 0 saturated carbocycles. The highest BCUT2D eigenvalue weighted by atomic mass is 35.5. The largest absolute Gasteiger partial charge is 0.352 e. The molecule has 1 unspecified atom stereocenters. The molecule has 1 amide bonds. The number of carbonyl (C=O) groups excluding carboxylic acids is 1. The number of nitrogens with one attached hydrogen (secondary N) is 1. The van der Waals surface area contributed by atoms with Crippen LogP contribution in [0.5, 0.6) is 0 Å². The second-order valence-electron chi connectivity index (χ2n) is 4.99. The van der Waals surface area contributed by atoms with Gasteiger partial charge in [-0.25, -0.2) is 0 Å². The highest BCUT2D eigenvalue weighted by Gasteiger charge is 2.07. The molecule has 20 heavy (non-hydrogen) atoms. The molecule has 0 aliphatic rings. The molecule has 116 valence electrons. The van der Waals surface area contributed by atoms with Crippen molar-refractivity contribution in [1.29, 1.82) is 0 Å². The van der Waals surface area contributed by atoms with Gasteiger partial charge in [0.15, 0.2) is 0 Å². The van der Waals surface area contributed by atoms with Crippen molar-refractivity contribution in [2.45, 2.75) is 13.5 Å². The Balaban J connectivity index is 0. The summed E-state index contributed by atoms with van der Waals surface area (Å²) in [6.07, 6.45) is 0. The molecule has 0 aromatic heterocycles. The van der Waals surface area contributed by atoms with Crippen LogP contribution in [0.3, 0.4) is 0 Å². The first-order valence-corrected chi connectivity index (χ1v) is 6.25. The zero-order valence-corrected chi connectivity index (χ0v) is 13.9. The van der Waals surface area contributed by atoms with Crippen LogP contribution in [0.25, 0.3) is 0 Å². The fourth-order valence-corrected chi connectivity index (χ4v) is 1.63. The third kappa shape index (κ3) is 7.70. The van der Waals surface area contributed by atoms with E-state index in [4.69, 9.17) is 5.73 Å². The van der Waals surface area contributed by atoms with Crippen LogP contribution >= 0.6 is 24.8 Å². The molecule has 1 aromatic rings. The first-order chi connectivity index (χ1) is 8.52. The maximum Gasteiger partial charge on any atom is 0.251 e. The third-order valence-corrected chi connectivity index (χ3v) is 2.70. The van der Waals surface area contributed by atoms with Gasteiger partial charge in [0.05, 0.1) is 0 Å². The van der Waals surface area contributed by atoms with Gasteiger partial charge in [-0.1, -0.05) is 19.1 Å². The maximum atomic E-state index is 11.9. The minimum Gasteiger partial charge on any atom is -0.352 e. The Kier molecular flexibility index (Phi) is 11.7. The molecule has 0 fully saturated rings. The van der Waals surface area contributed by atoms with E-state index in [1.54, 1.807) is 0 Å². The van der Waals surface area contributed by atoms with Gasteiger partial charge in [0, 0.05) is 18.7 Å². The third-order valence-electron chi connectivity index (χ3n) is 2.70. The van der Waals surface area contributed by atoms with Crippen LogP contribution < -0.4 is 11.1 Å². The van der Waals surface area contributed by atoms with E-state index in [9.17, 15) is 4.79 Å². The molecule has 0 radical (unpaired) electrons. The van der Waals surface area contributed by atoms with Crippen molar-refractivity contribution >= 4 is 30.7 Å². The average molecular weight is 322 g/mol. The van der Waals surface area contributed by atoms with Crippen molar-refractivity contribution in [1.82, 2.24) is 10.2 Å². The van der Waals surface area contributed by atoms with Crippen LogP contribution in [-0.4, -0.2) is 38.0 Å². The summed E-state index contributed by atoms with van der Waals surface area (Å²) in [5.41, 5.74) is 7.36. The van der Waals surface area contributed by atoms with Crippen LogP contribution in [0.1, 0.15) is 22.8 Å². The van der Waals surface area contributed by atoms with Gasteiger partial charge in [-0.05, 0) is 44.3 Å². The lowest BCUT2D eigenvalue weighted by Gasteiger charge is -2.12. The topological polar surface area (TPSA) is 58.4 Å². The molecular formula is C14H25Cl2N3O. The first kappa shape index (κ1) is 21.5. The molecule has 4 nitrogen and oxygen atoms in total.